The van der Waals surface area contributed by atoms with Gasteiger partial charge in [-0.1, -0.05) is 6.07 Å². The molecule has 1 saturated carbocycles. The van der Waals surface area contributed by atoms with Crippen molar-refractivity contribution in [2.24, 2.45) is 0 Å². The Morgan fingerprint density at radius 3 is 2.80 bits per heavy atom. The van der Waals surface area contributed by atoms with Gasteiger partial charge < -0.3 is 19.4 Å². The molecule has 1 aliphatic carbocycles. The molecule has 3 rings (SSSR count). The molecule has 1 aliphatic rings. The molecule has 5 heteroatoms. The highest BCUT2D eigenvalue weighted by atomic mass is 32.1. The topological polar surface area (TPSA) is 50.2 Å². The number of para-hydroxylation sites is 1. The van der Waals surface area contributed by atoms with Gasteiger partial charge in [0.1, 0.15) is 11.3 Å². The van der Waals surface area contributed by atoms with E-state index in [1.165, 1.54) is 0 Å². The van der Waals surface area contributed by atoms with Crippen LogP contribution in [0.5, 0.6) is 5.75 Å². The molecule has 108 valence electrons. The highest BCUT2D eigenvalue weighted by Crippen LogP contribution is 2.33. The SMILES string of the molecule is CCOc1cccc2c1[nH]c(=S)n2C1CCC(O)CC1. The fourth-order valence-corrected chi connectivity index (χ4v) is 3.43. The van der Waals surface area contributed by atoms with Crippen LogP contribution in [0.3, 0.4) is 0 Å². The van der Waals surface area contributed by atoms with E-state index in [0.717, 1.165) is 47.2 Å². The normalized spacial score (nSPS) is 23.1. The zero-order valence-electron chi connectivity index (χ0n) is 11.6. The summed E-state index contributed by atoms with van der Waals surface area (Å²) in [5.74, 6) is 0.852. The quantitative estimate of drug-likeness (QED) is 0.850. The standard InChI is InChI=1S/C15H20N2O2S/c1-2-19-13-5-3-4-12-14(13)16-15(20)17(12)10-6-8-11(18)9-7-10/h3-5,10-11,18H,2,6-9H2,1H3,(H,16,20). The van der Waals surface area contributed by atoms with Gasteiger partial charge in [-0.15, -0.1) is 0 Å². The van der Waals surface area contributed by atoms with Crippen LogP contribution in [0.1, 0.15) is 38.6 Å². The number of aliphatic hydroxyl groups is 1. The van der Waals surface area contributed by atoms with Gasteiger partial charge in [-0.05, 0) is 57.0 Å². The summed E-state index contributed by atoms with van der Waals surface area (Å²) in [6.07, 6.45) is 3.50. The van der Waals surface area contributed by atoms with E-state index in [0.29, 0.717) is 12.6 Å². The number of hydrogen-bond donors (Lipinski definition) is 2. The van der Waals surface area contributed by atoms with Gasteiger partial charge in [0.25, 0.3) is 0 Å². The minimum Gasteiger partial charge on any atom is -0.492 e. The Balaban J connectivity index is 2.05. The first-order valence-corrected chi connectivity index (χ1v) is 7.65. The van der Waals surface area contributed by atoms with E-state index in [2.05, 4.69) is 15.6 Å². The molecule has 2 aromatic rings. The first kappa shape index (κ1) is 13.6. The number of imidazole rings is 1. The third-order valence-corrected chi connectivity index (χ3v) is 4.34. The highest BCUT2D eigenvalue weighted by molar-refractivity contribution is 7.71. The Morgan fingerprint density at radius 2 is 2.10 bits per heavy atom. The number of nitrogens with zero attached hydrogens (tertiary/aromatic N) is 1. The number of fused-ring (bicyclic) bond motifs is 1. The van der Waals surface area contributed by atoms with Crippen molar-refractivity contribution >= 4 is 23.3 Å². The van der Waals surface area contributed by atoms with Crippen LogP contribution in [-0.4, -0.2) is 27.4 Å². The highest BCUT2D eigenvalue weighted by Gasteiger charge is 2.23. The Hall–Kier alpha value is -1.33. The van der Waals surface area contributed by atoms with Gasteiger partial charge in [0, 0.05) is 6.04 Å². The molecule has 2 N–H and O–H groups in total. The summed E-state index contributed by atoms with van der Waals surface area (Å²) >= 11 is 5.50. The molecule has 0 amide bonds. The smallest absolute Gasteiger partial charge is 0.178 e. The molecule has 1 aromatic carbocycles. The predicted octanol–water partition coefficient (Wildman–Crippen LogP) is 3.57. The van der Waals surface area contributed by atoms with E-state index in [9.17, 15) is 5.11 Å². The number of rotatable bonds is 3. The zero-order chi connectivity index (χ0) is 14.1. The molecule has 0 bridgehead atoms. The van der Waals surface area contributed by atoms with Crippen molar-refractivity contribution in [1.29, 1.82) is 0 Å². The molecular formula is C15H20N2O2S. The number of aliphatic hydroxyl groups excluding tert-OH is 1. The lowest BCUT2D eigenvalue weighted by atomic mass is 9.93. The van der Waals surface area contributed by atoms with Crippen molar-refractivity contribution in [1.82, 2.24) is 9.55 Å². The summed E-state index contributed by atoms with van der Waals surface area (Å²) in [6, 6.07) is 6.42. The van der Waals surface area contributed by atoms with Gasteiger partial charge in [0.2, 0.25) is 0 Å². The van der Waals surface area contributed by atoms with Gasteiger partial charge in [0.05, 0.1) is 18.2 Å². The summed E-state index contributed by atoms with van der Waals surface area (Å²) in [5.41, 5.74) is 2.08. The van der Waals surface area contributed by atoms with Crippen molar-refractivity contribution in [2.75, 3.05) is 6.61 Å². The maximum absolute atomic E-state index is 9.66. The second kappa shape index (κ2) is 5.58. The van der Waals surface area contributed by atoms with Gasteiger partial charge in [0.15, 0.2) is 4.77 Å². The molecule has 0 radical (unpaired) electrons. The minimum atomic E-state index is -0.149. The van der Waals surface area contributed by atoms with E-state index in [1.54, 1.807) is 0 Å². The molecule has 4 nitrogen and oxygen atoms in total. The van der Waals surface area contributed by atoms with Crippen LogP contribution in [0, 0.1) is 4.77 Å². The summed E-state index contributed by atoms with van der Waals surface area (Å²) in [6.45, 7) is 2.62. The lowest BCUT2D eigenvalue weighted by Gasteiger charge is -2.27. The maximum Gasteiger partial charge on any atom is 0.178 e. The van der Waals surface area contributed by atoms with Gasteiger partial charge in [-0.3, -0.25) is 0 Å². The summed E-state index contributed by atoms with van der Waals surface area (Å²) in [7, 11) is 0. The fraction of sp³-hybridized carbons (Fsp3) is 0.533. The molecule has 0 saturated heterocycles. The number of hydrogen-bond acceptors (Lipinski definition) is 3. The van der Waals surface area contributed by atoms with E-state index < -0.39 is 0 Å². The van der Waals surface area contributed by atoms with Crippen LogP contribution >= 0.6 is 12.2 Å². The molecule has 1 aromatic heterocycles. The Labute approximate surface area is 123 Å². The fourth-order valence-electron chi connectivity index (χ4n) is 3.08. The van der Waals surface area contributed by atoms with Crippen molar-refractivity contribution in [3.05, 3.63) is 23.0 Å². The lowest BCUT2D eigenvalue weighted by Crippen LogP contribution is -2.21. The first-order valence-electron chi connectivity index (χ1n) is 7.24. The zero-order valence-corrected chi connectivity index (χ0v) is 12.4. The summed E-state index contributed by atoms with van der Waals surface area (Å²) in [4.78, 5) is 3.28. The first-order chi connectivity index (χ1) is 9.70. The van der Waals surface area contributed by atoms with E-state index in [1.807, 2.05) is 19.1 Å². The summed E-state index contributed by atoms with van der Waals surface area (Å²) in [5, 5.41) is 9.66. The summed E-state index contributed by atoms with van der Waals surface area (Å²) < 4.78 is 8.60. The number of benzene rings is 1. The monoisotopic (exact) mass is 292 g/mol. The molecule has 1 fully saturated rings. The van der Waals surface area contributed by atoms with E-state index in [-0.39, 0.29) is 6.10 Å². The Bertz CT molecular complexity index is 653. The second-order valence-corrected chi connectivity index (χ2v) is 5.73. The molecule has 0 atom stereocenters. The number of ether oxygens (including phenoxy) is 1. The van der Waals surface area contributed by atoms with Crippen molar-refractivity contribution in [2.45, 2.75) is 44.8 Å². The van der Waals surface area contributed by atoms with Crippen LogP contribution in [-0.2, 0) is 0 Å². The van der Waals surface area contributed by atoms with Crippen molar-refractivity contribution in [3.63, 3.8) is 0 Å². The second-order valence-electron chi connectivity index (χ2n) is 5.35. The van der Waals surface area contributed by atoms with E-state index >= 15 is 0 Å². The van der Waals surface area contributed by atoms with Crippen LogP contribution in [0.4, 0.5) is 0 Å². The molecule has 1 heterocycles. The molecule has 0 aliphatic heterocycles. The Kier molecular flexibility index (Phi) is 3.81. The third-order valence-electron chi connectivity index (χ3n) is 4.05. The van der Waals surface area contributed by atoms with Crippen LogP contribution in [0.2, 0.25) is 0 Å². The average molecular weight is 292 g/mol. The van der Waals surface area contributed by atoms with E-state index in [4.69, 9.17) is 17.0 Å². The average Bonchev–Trinajstić information content (AvgIpc) is 2.78. The van der Waals surface area contributed by atoms with Crippen molar-refractivity contribution < 1.29 is 9.84 Å². The number of nitrogens with one attached hydrogen (secondary N) is 1. The maximum atomic E-state index is 9.66. The lowest BCUT2D eigenvalue weighted by molar-refractivity contribution is 0.111. The van der Waals surface area contributed by atoms with Gasteiger partial charge in [-0.2, -0.15) is 0 Å². The van der Waals surface area contributed by atoms with Crippen LogP contribution in [0.25, 0.3) is 11.0 Å². The molecular weight excluding hydrogens is 272 g/mol. The van der Waals surface area contributed by atoms with Crippen molar-refractivity contribution in [3.8, 4) is 5.75 Å². The largest absolute Gasteiger partial charge is 0.492 e. The predicted molar refractivity (Wildman–Crippen MR) is 81.8 cm³/mol. The van der Waals surface area contributed by atoms with Gasteiger partial charge in [-0.25, -0.2) is 0 Å². The van der Waals surface area contributed by atoms with Crippen LogP contribution < -0.4 is 4.74 Å². The van der Waals surface area contributed by atoms with Crippen LogP contribution in [0.15, 0.2) is 18.2 Å². The Morgan fingerprint density at radius 1 is 1.35 bits per heavy atom. The van der Waals surface area contributed by atoms with Gasteiger partial charge >= 0.3 is 0 Å². The number of aromatic nitrogens is 2. The minimum absolute atomic E-state index is 0.149. The third kappa shape index (κ3) is 2.36. The number of H-pyrrole nitrogens is 1. The molecule has 0 unspecified atom stereocenters. The molecule has 20 heavy (non-hydrogen) atoms. The number of aromatic amines is 1. The molecule has 0 spiro atoms.